The van der Waals surface area contributed by atoms with Crippen LogP contribution in [-0.4, -0.2) is 50.1 Å². The molecule has 1 saturated heterocycles. The Labute approximate surface area is 160 Å². The molecule has 1 aromatic carbocycles. The van der Waals surface area contributed by atoms with Crippen molar-refractivity contribution in [2.75, 3.05) is 32.1 Å². The maximum atomic E-state index is 12.0. The molecule has 1 atom stereocenters. The fraction of sp³-hybridized carbons (Fsp3) is 0.476. The lowest BCUT2D eigenvalue weighted by Crippen LogP contribution is -2.46. The fourth-order valence-corrected chi connectivity index (χ4v) is 4.28. The Morgan fingerprint density at radius 1 is 1.23 bits per heavy atom. The van der Waals surface area contributed by atoms with E-state index < -0.39 is 0 Å². The first-order valence-corrected chi connectivity index (χ1v) is 10.3. The zero-order chi connectivity index (χ0) is 18.5. The number of nitrogens with one attached hydrogen (secondary N) is 1. The van der Waals surface area contributed by atoms with Gasteiger partial charge in [0, 0.05) is 50.5 Å². The second-order valence-corrected chi connectivity index (χ2v) is 8.19. The van der Waals surface area contributed by atoms with Gasteiger partial charge in [0.25, 0.3) is 5.91 Å². The molecule has 140 valence electrons. The van der Waals surface area contributed by atoms with Crippen molar-refractivity contribution >= 4 is 22.9 Å². The molecule has 0 spiro atoms. The highest BCUT2D eigenvalue weighted by molar-refractivity contribution is 7.07. The van der Waals surface area contributed by atoms with Gasteiger partial charge in [-0.05, 0) is 72.8 Å². The van der Waals surface area contributed by atoms with Crippen molar-refractivity contribution in [2.24, 2.45) is 0 Å². The summed E-state index contributed by atoms with van der Waals surface area (Å²) < 4.78 is 0. The molecule has 1 amide bonds. The number of nitrogens with zero attached hydrogens (tertiary/aromatic N) is 2. The van der Waals surface area contributed by atoms with Gasteiger partial charge in [0.2, 0.25) is 0 Å². The first kappa shape index (κ1) is 18.9. The summed E-state index contributed by atoms with van der Waals surface area (Å²) in [6.45, 7) is 4.40. The quantitative estimate of drug-likeness (QED) is 0.842. The molecule has 0 saturated carbocycles. The summed E-state index contributed by atoms with van der Waals surface area (Å²) in [6, 6.07) is 11.3. The molecule has 1 fully saturated rings. The van der Waals surface area contributed by atoms with Crippen molar-refractivity contribution in [2.45, 2.75) is 38.3 Å². The zero-order valence-electron chi connectivity index (χ0n) is 15.9. The molecule has 1 aromatic heterocycles. The van der Waals surface area contributed by atoms with Gasteiger partial charge in [0.15, 0.2) is 0 Å². The molecule has 5 heteroatoms. The van der Waals surface area contributed by atoms with E-state index in [9.17, 15) is 4.79 Å². The summed E-state index contributed by atoms with van der Waals surface area (Å²) in [5.41, 5.74) is 3.39. The van der Waals surface area contributed by atoms with E-state index in [1.165, 1.54) is 11.3 Å². The number of hydrogen-bond acceptors (Lipinski definition) is 4. The molecular formula is C21H29N3OS. The molecule has 26 heavy (non-hydrogen) atoms. The van der Waals surface area contributed by atoms with Crippen molar-refractivity contribution in [1.82, 2.24) is 10.2 Å². The van der Waals surface area contributed by atoms with Gasteiger partial charge in [-0.15, -0.1) is 0 Å². The maximum absolute atomic E-state index is 12.0. The first-order chi connectivity index (χ1) is 12.5. The van der Waals surface area contributed by atoms with Crippen molar-refractivity contribution in [3.63, 3.8) is 0 Å². The lowest BCUT2D eigenvalue weighted by atomic mass is 10.0. The molecule has 1 aliphatic heterocycles. The number of carbonyl (C=O) groups excluding carboxylic acids is 1. The van der Waals surface area contributed by atoms with Crippen LogP contribution >= 0.6 is 11.3 Å². The monoisotopic (exact) mass is 371 g/mol. The van der Waals surface area contributed by atoms with Crippen molar-refractivity contribution in [3.8, 4) is 0 Å². The smallest absolute Gasteiger partial charge is 0.253 e. The number of amides is 1. The van der Waals surface area contributed by atoms with Crippen LogP contribution in [0.25, 0.3) is 0 Å². The highest BCUT2D eigenvalue weighted by Crippen LogP contribution is 2.21. The summed E-state index contributed by atoms with van der Waals surface area (Å²) in [5.74, 6) is 0.0547. The third-order valence-electron chi connectivity index (χ3n) is 5.02. The minimum atomic E-state index is 0.0547. The van der Waals surface area contributed by atoms with Crippen LogP contribution in [0.5, 0.6) is 0 Å². The van der Waals surface area contributed by atoms with Gasteiger partial charge in [-0.3, -0.25) is 4.79 Å². The molecular weight excluding hydrogens is 342 g/mol. The van der Waals surface area contributed by atoms with Gasteiger partial charge in [0.05, 0.1) is 0 Å². The normalized spacial score (nSPS) is 16.5. The number of carbonyl (C=O) groups is 1. The number of hydrogen-bond donors (Lipinski definition) is 1. The zero-order valence-corrected chi connectivity index (χ0v) is 16.8. The van der Waals surface area contributed by atoms with Gasteiger partial charge in [-0.25, -0.2) is 0 Å². The van der Waals surface area contributed by atoms with Crippen LogP contribution in [0.15, 0.2) is 41.1 Å². The predicted octanol–water partition coefficient (Wildman–Crippen LogP) is 3.64. The Morgan fingerprint density at radius 3 is 2.50 bits per heavy atom. The van der Waals surface area contributed by atoms with Crippen LogP contribution in [0.4, 0.5) is 5.69 Å². The van der Waals surface area contributed by atoms with Gasteiger partial charge in [-0.1, -0.05) is 0 Å². The second-order valence-electron chi connectivity index (χ2n) is 7.41. The third-order valence-corrected chi connectivity index (χ3v) is 5.75. The van der Waals surface area contributed by atoms with Crippen LogP contribution in [0.2, 0.25) is 0 Å². The number of anilines is 1. The molecule has 0 bridgehead atoms. The Hall–Kier alpha value is -1.85. The van der Waals surface area contributed by atoms with E-state index in [2.05, 4.69) is 46.1 Å². The van der Waals surface area contributed by atoms with E-state index in [1.54, 1.807) is 30.3 Å². The summed E-state index contributed by atoms with van der Waals surface area (Å²) in [4.78, 5) is 16.0. The molecule has 0 aliphatic carbocycles. The van der Waals surface area contributed by atoms with Gasteiger partial charge in [-0.2, -0.15) is 11.3 Å². The molecule has 2 aromatic rings. The van der Waals surface area contributed by atoms with Gasteiger partial charge in [0.1, 0.15) is 0 Å². The maximum Gasteiger partial charge on any atom is 0.253 e. The SMILES string of the molecule is CC(Cc1ccsc1)NC1CCN(c2ccc(C(=O)N(C)C)cc2)CC1. The van der Waals surface area contributed by atoms with Crippen molar-refractivity contribution in [3.05, 3.63) is 52.2 Å². The minimum absolute atomic E-state index is 0.0547. The van der Waals surface area contributed by atoms with E-state index in [1.807, 2.05) is 12.1 Å². The molecule has 1 unspecified atom stereocenters. The number of thiophene rings is 1. The van der Waals surface area contributed by atoms with E-state index in [0.717, 1.165) is 37.9 Å². The Kier molecular flexibility index (Phi) is 6.33. The average molecular weight is 372 g/mol. The van der Waals surface area contributed by atoms with E-state index in [4.69, 9.17) is 0 Å². The second kappa shape index (κ2) is 8.69. The molecule has 0 radical (unpaired) electrons. The molecule has 4 nitrogen and oxygen atoms in total. The number of rotatable bonds is 6. The molecule has 3 rings (SSSR count). The Bertz CT molecular complexity index is 689. The van der Waals surface area contributed by atoms with Gasteiger partial charge < -0.3 is 15.1 Å². The van der Waals surface area contributed by atoms with Crippen LogP contribution in [-0.2, 0) is 6.42 Å². The fourth-order valence-electron chi connectivity index (χ4n) is 3.60. The summed E-state index contributed by atoms with van der Waals surface area (Å²) in [6.07, 6.45) is 3.42. The van der Waals surface area contributed by atoms with Crippen molar-refractivity contribution < 1.29 is 4.79 Å². The van der Waals surface area contributed by atoms with Crippen LogP contribution in [0.3, 0.4) is 0 Å². The summed E-state index contributed by atoms with van der Waals surface area (Å²) in [7, 11) is 3.57. The largest absolute Gasteiger partial charge is 0.371 e. The average Bonchev–Trinajstić information content (AvgIpc) is 3.14. The van der Waals surface area contributed by atoms with E-state index >= 15 is 0 Å². The minimum Gasteiger partial charge on any atom is -0.371 e. The standard InChI is InChI=1S/C21H29N3OS/c1-16(14-17-10-13-26-15-17)22-19-8-11-24(12-9-19)20-6-4-18(5-7-20)21(25)23(2)3/h4-7,10,13,15-16,19,22H,8-9,11-12,14H2,1-3H3. The summed E-state index contributed by atoms with van der Waals surface area (Å²) >= 11 is 1.77. The molecule has 1 N–H and O–H groups in total. The molecule has 2 heterocycles. The topological polar surface area (TPSA) is 35.6 Å². The lowest BCUT2D eigenvalue weighted by Gasteiger charge is -2.35. The van der Waals surface area contributed by atoms with Crippen molar-refractivity contribution in [1.29, 1.82) is 0 Å². The Balaban J connectivity index is 1.48. The number of piperidine rings is 1. The highest BCUT2D eigenvalue weighted by atomic mass is 32.1. The summed E-state index contributed by atoms with van der Waals surface area (Å²) in [5, 5.41) is 8.19. The van der Waals surface area contributed by atoms with E-state index in [0.29, 0.717) is 12.1 Å². The predicted molar refractivity (Wildman–Crippen MR) is 110 cm³/mol. The van der Waals surface area contributed by atoms with Crippen LogP contribution < -0.4 is 10.2 Å². The number of benzene rings is 1. The van der Waals surface area contributed by atoms with Gasteiger partial charge >= 0.3 is 0 Å². The first-order valence-electron chi connectivity index (χ1n) is 9.36. The van der Waals surface area contributed by atoms with Crippen LogP contribution in [0.1, 0.15) is 35.7 Å². The molecule has 1 aliphatic rings. The highest BCUT2D eigenvalue weighted by Gasteiger charge is 2.21. The Morgan fingerprint density at radius 2 is 1.92 bits per heavy atom. The van der Waals surface area contributed by atoms with Crippen LogP contribution in [0, 0.1) is 0 Å². The van der Waals surface area contributed by atoms with E-state index in [-0.39, 0.29) is 5.91 Å². The lowest BCUT2D eigenvalue weighted by molar-refractivity contribution is 0.0827. The third kappa shape index (κ3) is 4.86.